The summed E-state index contributed by atoms with van der Waals surface area (Å²) >= 11 is 0. The Morgan fingerprint density at radius 2 is 1.43 bits per heavy atom. The highest BCUT2D eigenvalue weighted by atomic mass is 16.7. The van der Waals surface area contributed by atoms with E-state index >= 15 is 0 Å². The molecule has 2 aromatic rings. The lowest BCUT2D eigenvalue weighted by Crippen LogP contribution is -2.60. The first kappa shape index (κ1) is 31.7. The summed E-state index contributed by atoms with van der Waals surface area (Å²) in [6.07, 6.45) is -14.7. The van der Waals surface area contributed by atoms with Crippen LogP contribution in [0.15, 0.2) is 36.4 Å². The molecule has 2 aliphatic rings. The van der Waals surface area contributed by atoms with Gasteiger partial charge in [-0.15, -0.1) is 0 Å². The van der Waals surface area contributed by atoms with E-state index < -0.39 is 86.3 Å². The molecular formula is C27H34O15. The van der Waals surface area contributed by atoms with Crippen LogP contribution in [0, 0.1) is 0 Å². The molecule has 2 saturated heterocycles. The number of phenols is 1. The number of aromatic hydroxyl groups is 1. The van der Waals surface area contributed by atoms with Gasteiger partial charge in [0.05, 0.1) is 19.8 Å². The molecule has 10 atom stereocenters. The fraction of sp³-hybridized carbons (Fsp3) is 0.519. The van der Waals surface area contributed by atoms with Gasteiger partial charge in [-0.05, 0) is 25.1 Å². The maximum atomic E-state index is 13.3. The number of rotatable bonds is 9. The molecule has 4 rings (SSSR count). The van der Waals surface area contributed by atoms with Crippen LogP contribution < -0.4 is 14.2 Å². The standard InChI is InChI=1S/C27H34O15/c1-11-18(30)20(32)22(34)26(39-11)41-15-8-7-13(29)24(37-2)17(15)25(36)38-10-12-5-3-4-6-14(12)40-27-23(35)21(33)19(31)16(9-28)42-27/h3-8,11,16,18-23,26-35H,9-10H2,1-2H3. The Labute approximate surface area is 239 Å². The molecule has 2 aromatic carbocycles. The summed E-state index contributed by atoms with van der Waals surface area (Å²) in [5.41, 5.74) is -0.102. The maximum Gasteiger partial charge on any atom is 0.346 e. The molecule has 0 saturated carbocycles. The summed E-state index contributed by atoms with van der Waals surface area (Å²) in [5.74, 6) is -1.95. The molecule has 2 heterocycles. The molecule has 8 N–H and O–H groups in total. The molecule has 0 radical (unpaired) electrons. The summed E-state index contributed by atoms with van der Waals surface area (Å²) in [7, 11) is 1.19. The third kappa shape index (κ3) is 6.39. The zero-order valence-corrected chi connectivity index (χ0v) is 22.6. The minimum absolute atomic E-state index is 0.0780. The van der Waals surface area contributed by atoms with E-state index in [9.17, 15) is 45.6 Å². The molecule has 0 spiro atoms. The van der Waals surface area contributed by atoms with Gasteiger partial charge >= 0.3 is 5.97 Å². The highest BCUT2D eigenvalue weighted by Crippen LogP contribution is 2.39. The third-order valence-electron chi connectivity index (χ3n) is 6.98. The van der Waals surface area contributed by atoms with Gasteiger partial charge in [-0.25, -0.2) is 4.79 Å². The third-order valence-corrected chi connectivity index (χ3v) is 6.98. The predicted octanol–water partition coefficient (Wildman–Crippen LogP) is -1.86. The van der Waals surface area contributed by atoms with Crippen molar-refractivity contribution in [1.82, 2.24) is 0 Å². The van der Waals surface area contributed by atoms with Crippen LogP contribution in [0.4, 0.5) is 0 Å². The molecule has 2 fully saturated rings. The molecule has 0 aliphatic carbocycles. The summed E-state index contributed by atoms with van der Waals surface area (Å²) in [4.78, 5) is 13.3. The van der Waals surface area contributed by atoms with Crippen molar-refractivity contribution in [2.75, 3.05) is 13.7 Å². The van der Waals surface area contributed by atoms with Crippen LogP contribution in [0.1, 0.15) is 22.8 Å². The minimum atomic E-state index is -1.69. The van der Waals surface area contributed by atoms with Gasteiger partial charge in [-0.2, -0.15) is 0 Å². The average molecular weight is 599 g/mol. The van der Waals surface area contributed by atoms with Gasteiger partial charge in [0.2, 0.25) is 12.6 Å². The van der Waals surface area contributed by atoms with Crippen molar-refractivity contribution >= 4 is 5.97 Å². The first-order valence-electron chi connectivity index (χ1n) is 13.0. The maximum absolute atomic E-state index is 13.3. The number of aliphatic hydroxyl groups is 7. The number of ether oxygens (including phenoxy) is 6. The van der Waals surface area contributed by atoms with Crippen LogP contribution >= 0.6 is 0 Å². The van der Waals surface area contributed by atoms with E-state index in [2.05, 4.69) is 0 Å². The van der Waals surface area contributed by atoms with Gasteiger partial charge in [0.1, 0.15) is 66.4 Å². The van der Waals surface area contributed by atoms with Crippen LogP contribution in [0.3, 0.4) is 0 Å². The van der Waals surface area contributed by atoms with E-state index in [4.69, 9.17) is 28.4 Å². The number of carbonyl (C=O) groups is 1. The summed E-state index contributed by atoms with van der Waals surface area (Å²) in [6.45, 7) is 0.378. The second-order valence-electron chi connectivity index (χ2n) is 9.79. The molecule has 15 nitrogen and oxygen atoms in total. The first-order valence-corrected chi connectivity index (χ1v) is 13.0. The van der Waals surface area contributed by atoms with Crippen LogP contribution in [0.25, 0.3) is 0 Å². The Balaban J connectivity index is 1.53. The van der Waals surface area contributed by atoms with Crippen LogP contribution in [-0.4, -0.2) is 122 Å². The zero-order chi connectivity index (χ0) is 30.7. The van der Waals surface area contributed by atoms with Gasteiger partial charge < -0.3 is 69.3 Å². The van der Waals surface area contributed by atoms with Gasteiger partial charge in [0, 0.05) is 5.56 Å². The number of hydrogen-bond acceptors (Lipinski definition) is 15. The van der Waals surface area contributed by atoms with Crippen LogP contribution in [-0.2, 0) is 20.8 Å². The fourth-order valence-corrected chi connectivity index (χ4v) is 4.53. The second-order valence-corrected chi connectivity index (χ2v) is 9.79. The summed E-state index contributed by atoms with van der Waals surface area (Å²) < 4.78 is 32.8. The number of phenolic OH excluding ortho intramolecular Hbond substituents is 1. The summed E-state index contributed by atoms with van der Waals surface area (Å²) in [6, 6.07) is 8.55. The molecule has 232 valence electrons. The molecule has 0 amide bonds. The van der Waals surface area contributed by atoms with Crippen molar-refractivity contribution < 1.29 is 74.1 Å². The highest BCUT2D eigenvalue weighted by Gasteiger charge is 2.45. The Bertz CT molecular complexity index is 1220. The number of carbonyl (C=O) groups excluding carboxylic acids is 1. The lowest BCUT2D eigenvalue weighted by atomic mass is 9.99. The Hall–Kier alpha value is -3.25. The molecule has 10 unspecified atom stereocenters. The van der Waals surface area contributed by atoms with E-state index in [0.717, 1.165) is 0 Å². The number of hydrogen-bond donors (Lipinski definition) is 8. The molecule has 2 aliphatic heterocycles. The normalized spacial score (nSPS) is 33.1. The molecule has 0 bridgehead atoms. The van der Waals surface area contributed by atoms with E-state index in [1.54, 1.807) is 12.1 Å². The zero-order valence-electron chi connectivity index (χ0n) is 22.6. The SMILES string of the molecule is COc1c(O)ccc(OC2OC(C)C(O)C(O)C2O)c1C(=O)OCc1ccccc1OC1OC(CO)C(O)C(O)C1O. The van der Waals surface area contributed by atoms with E-state index in [1.165, 1.54) is 38.3 Å². The van der Waals surface area contributed by atoms with E-state index in [-0.39, 0.29) is 28.4 Å². The second kappa shape index (κ2) is 13.4. The summed E-state index contributed by atoms with van der Waals surface area (Å²) in [5, 5.41) is 80.5. The quantitative estimate of drug-likeness (QED) is 0.148. The van der Waals surface area contributed by atoms with Gasteiger partial charge in [0.15, 0.2) is 11.5 Å². The van der Waals surface area contributed by atoms with E-state index in [0.29, 0.717) is 0 Å². The van der Waals surface area contributed by atoms with Crippen molar-refractivity contribution in [3.05, 3.63) is 47.5 Å². The lowest BCUT2D eigenvalue weighted by molar-refractivity contribution is -0.277. The van der Waals surface area contributed by atoms with Crippen LogP contribution in [0.2, 0.25) is 0 Å². The van der Waals surface area contributed by atoms with Crippen molar-refractivity contribution in [3.63, 3.8) is 0 Å². The van der Waals surface area contributed by atoms with Gasteiger partial charge in [0.25, 0.3) is 0 Å². The average Bonchev–Trinajstić information content (AvgIpc) is 2.98. The Morgan fingerprint density at radius 3 is 2.10 bits per heavy atom. The number of methoxy groups -OCH3 is 1. The van der Waals surface area contributed by atoms with Crippen molar-refractivity contribution in [2.45, 2.75) is 74.9 Å². The van der Waals surface area contributed by atoms with Gasteiger partial charge in [-0.1, -0.05) is 18.2 Å². The smallest absolute Gasteiger partial charge is 0.346 e. The van der Waals surface area contributed by atoms with E-state index in [1.807, 2.05) is 0 Å². The largest absolute Gasteiger partial charge is 0.504 e. The van der Waals surface area contributed by atoms with Crippen LogP contribution in [0.5, 0.6) is 23.0 Å². The predicted molar refractivity (Wildman–Crippen MR) is 138 cm³/mol. The molecule has 0 aromatic heterocycles. The number of benzene rings is 2. The number of para-hydroxylation sites is 1. The first-order chi connectivity index (χ1) is 20.0. The lowest BCUT2D eigenvalue weighted by Gasteiger charge is -2.39. The van der Waals surface area contributed by atoms with Crippen molar-refractivity contribution in [3.8, 4) is 23.0 Å². The topological polar surface area (TPSA) is 234 Å². The molecule has 15 heteroatoms. The molecular weight excluding hydrogens is 564 g/mol. The number of esters is 1. The number of aliphatic hydroxyl groups excluding tert-OH is 7. The minimum Gasteiger partial charge on any atom is -0.504 e. The Morgan fingerprint density at radius 1 is 0.810 bits per heavy atom. The highest BCUT2D eigenvalue weighted by molar-refractivity contribution is 5.96. The fourth-order valence-electron chi connectivity index (χ4n) is 4.53. The molecule has 42 heavy (non-hydrogen) atoms. The Kier molecular flexibility index (Phi) is 10.1. The van der Waals surface area contributed by atoms with Crippen molar-refractivity contribution in [1.29, 1.82) is 0 Å². The van der Waals surface area contributed by atoms with Gasteiger partial charge in [-0.3, -0.25) is 0 Å². The monoisotopic (exact) mass is 598 g/mol. The van der Waals surface area contributed by atoms with Crippen molar-refractivity contribution in [2.24, 2.45) is 0 Å².